The van der Waals surface area contributed by atoms with Gasteiger partial charge in [0.2, 0.25) is 0 Å². The maximum Gasteiger partial charge on any atom is 0.0762 e. The highest BCUT2D eigenvalue weighted by molar-refractivity contribution is 4.97. The molecule has 1 rings (SSSR count). The Morgan fingerprint density at radius 3 is 3.00 bits per heavy atom. The van der Waals surface area contributed by atoms with Crippen LogP contribution in [0.25, 0.3) is 0 Å². The molecule has 1 heterocycles. The first-order valence-electron chi connectivity index (χ1n) is 5.60. The second kappa shape index (κ2) is 7.43. The highest BCUT2D eigenvalue weighted by Crippen LogP contribution is 1.94. The van der Waals surface area contributed by atoms with Gasteiger partial charge in [-0.1, -0.05) is 0 Å². The van der Waals surface area contributed by atoms with Gasteiger partial charge in [-0.3, -0.25) is 4.68 Å². The lowest BCUT2D eigenvalue weighted by atomic mass is 10.3. The molecule has 0 bridgehead atoms. The lowest BCUT2D eigenvalue weighted by Crippen LogP contribution is -2.15. The lowest BCUT2D eigenvalue weighted by molar-refractivity contribution is 0.143. The predicted molar refractivity (Wildman–Crippen MR) is 60.6 cm³/mol. The van der Waals surface area contributed by atoms with E-state index in [-0.39, 0.29) is 0 Å². The van der Waals surface area contributed by atoms with Gasteiger partial charge in [-0.25, -0.2) is 0 Å². The summed E-state index contributed by atoms with van der Waals surface area (Å²) in [5.74, 6) is 0. The van der Waals surface area contributed by atoms with E-state index in [0.717, 1.165) is 44.8 Å². The van der Waals surface area contributed by atoms with Gasteiger partial charge in [0.05, 0.1) is 5.69 Å². The molecule has 0 amide bonds. The monoisotopic (exact) mass is 211 g/mol. The predicted octanol–water partition coefficient (Wildman–Crippen LogP) is 1.33. The molecule has 0 aliphatic rings. The standard InChI is InChI=1S/C11H21N3O/c1-3-15-9-5-4-7-12-10-11-6-8-14(2)13-11/h6,8,12H,3-5,7,9-10H2,1-2H3. The van der Waals surface area contributed by atoms with E-state index in [2.05, 4.69) is 10.4 Å². The van der Waals surface area contributed by atoms with Crippen molar-refractivity contribution in [3.63, 3.8) is 0 Å². The van der Waals surface area contributed by atoms with Gasteiger partial charge < -0.3 is 10.1 Å². The first-order chi connectivity index (χ1) is 7.33. The minimum Gasteiger partial charge on any atom is -0.382 e. The van der Waals surface area contributed by atoms with Crippen LogP contribution in [0.4, 0.5) is 0 Å². The second-order valence-corrected chi connectivity index (χ2v) is 3.56. The Hall–Kier alpha value is -0.870. The second-order valence-electron chi connectivity index (χ2n) is 3.56. The van der Waals surface area contributed by atoms with E-state index in [4.69, 9.17) is 4.74 Å². The molecule has 4 heteroatoms. The molecule has 86 valence electrons. The van der Waals surface area contributed by atoms with Crippen LogP contribution in [0.3, 0.4) is 0 Å². The van der Waals surface area contributed by atoms with E-state index in [1.807, 2.05) is 30.9 Å². The Morgan fingerprint density at radius 1 is 1.47 bits per heavy atom. The van der Waals surface area contributed by atoms with Gasteiger partial charge in [-0.05, 0) is 32.4 Å². The van der Waals surface area contributed by atoms with E-state index >= 15 is 0 Å². The van der Waals surface area contributed by atoms with Crippen molar-refractivity contribution < 1.29 is 4.74 Å². The Bertz CT molecular complexity index is 260. The molecule has 1 aromatic heterocycles. The highest BCUT2D eigenvalue weighted by atomic mass is 16.5. The van der Waals surface area contributed by atoms with E-state index in [9.17, 15) is 0 Å². The van der Waals surface area contributed by atoms with Crippen molar-refractivity contribution in [1.29, 1.82) is 0 Å². The number of ether oxygens (including phenoxy) is 1. The molecule has 0 aliphatic carbocycles. The van der Waals surface area contributed by atoms with Crippen molar-refractivity contribution in [2.24, 2.45) is 7.05 Å². The quantitative estimate of drug-likeness (QED) is 0.659. The molecule has 0 saturated heterocycles. The zero-order valence-electron chi connectivity index (χ0n) is 9.70. The summed E-state index contributed by atoms with van der Waals surface area (Å²) in [4.78, 5) is 0. The molecular weight excluding hydrogens is 190 g/mol. The van der Waals surface area contributed by atoms with Gasteiger partial charge in [0.15, 0.2) is 0 Å². The van der Waals surface area contributed by atoms with Crippen LogP contribution < -0.4 is 5.32 Å². The van der Waals surface area contributed by atoms with E-state index in [1.165, 1.54) is 0 Å². The summed E-state index contributed by atoms with van der Waals surface area (Å²) in [6.45, 7) is 5.61. The lowest BCUT2D eigenvalue weighted by Gasteiger charge is -2.03. The van der Waals surface area contributed by atoms with Crippen LogP contribution in [0, 0.1) is 0 Å². The third-order valence-corrected chi connectivity index (χ3v) is 2.17. The number of aryl methyl sites for hydroxylation is 1. The summed E-state index contributed by atoms with van der Waals surface area (Å²) in [6.07, 6.45) is 4.25. The fourth-order valence-corrected chi connectivity index (χ4v) is 1.37. The Kier molecular flexibility index (Phi) is 6.04. The maximum atomic E-state index is 5.26. The van der Waals surface area contributed by atoms with E-state index < -0.39 is 0 Å². The number of nitrogens with one attached hydrogen (secondary N) is 1. The van der Waals surface area contributed by atoms with Gasteiger partial charge >= 0.3 is 0 Å². The average Bonchev–Trinajstić information content (AvgIpc) is 2.63. The van der Waals surface area contributed by atoms with Crippen molar-refractivity contribution in [2.45, 2.75) is 26.3 Å². The molecule has 15 heavy (non-hydrogen) atoms. The Balaban J connectivity index is 1.93. The van der Waals surface area contributed by atoms with E-state index in [0.29, 0.717) is 0 Å². The van der Waals surface area contributed by atoms with Gasteiger partial charge in [0, 0.05) is 33.0 Å². The van der Waals surface area contributed by atoms with Crippen LogP contribution in [0.2, 0.25) is 0 Å². The van der Waals surface area contributed by atoms with Gasteiger partial charge in [-0.15, -0.1) is 0 Å². The van der Waals surface area contributed by atoms with Crippen molar-refractivity contribution in [2.75, 3.05) is 19.8 Å². The van der Waals surface area contributed by atoms with Gasteiger partial charge in [0.25, 0.3) is 0 Å². The summed E-state index contributed by atoms with van der Waals surface area (Å²) in [5, 5.41) is 7.65. The number of rotatable bonds is 8. The van der Waals surface area contributed by atoms with Crippen molar-refractivity contribution >= 4 is 0 Å². The molecule has 0 spiro atoms. The maximum absolute atomic E-state index is 5.26. The topological polar surface area (TPSA) is 39.1 Å². The molecule has 0 unspecified atom stereocenters. The number of hydrogen-bond donors (Lipinski definition) is 1. The summed E-state index contributed by atoms with van der Waals surface area (Å²) in [6, 6.07) is 2.03. The number of nitrogens with zero attached hydrogens (tertiary/aromatic N) is 2. The number of unbranched alkanes of at least 4 members (excludes halogenated alkanes) is 1. The van der Waals surface area contributed by atoms with Crippen molar-refractivity contribution in [3.05, 3.63) is 18.0 Å². The van der Waals surface area contributed by atoms with Crippen molar-refractivity contribution in [1.82, 2.24) is 15.1 Å². The van der Waals surface area contributed by atoms with Crippen LogP contribution in [-0.2, 0) is 18.3 Å². The van der Waals surface area contributed by atoms with Crippen molar-refractivity contribution in [3.8, 4) is 0 Å². The number of hydrogen-bond acceptors (Lipinski definition) is 3. The fraction of sp³-hybridized carbons (Fsp3) is 0.727. The minimum atomic E-state index is 0.821. The Morgan fingerprint density at radius 2 is 2.33 bits per heavy atom. The highest BCUT2D eigenvalue weighted by Gasteiger charge is 1.95. The molecule has 0 saturated carbocycles. The summed E-state index contributed by atoms with van der Waals surface area (Å²) in [7, 11) is 1.94. The zero-order valence-corrected chi connectivity index (χ0v) is 9.70. The van der Waals surface area contributed by atoms with Crippen LogP contribution >= 0.6 is 0 Å². The summed E-state index contributed by atoms with van der Waals surface area (Å²) >= 11 is 0. The largest absolute Gasteiger partial charge is 0.382 e. The van der Waals surface area contributed by atoms with Crippen LogP contribution in [0.15, 0.2) is 12.3 Å². The molecule has 0 radical (unpaired) electrons. The normalized spacial score (nSPS) is 10.8. The van der Waals surface area contributed by atoms with E-state index in [1.54, 1.807) is 0 Å². The van der Waals surface area contributed by atoms with Gasteiger partial charge in [0.1, 0.15) is 0 Å². The first-order valence-corrected chi connectivity index (χ1v) is 5.60. The van der Waals surface area contributed by atoms with Crippen LogP contribution in [-0.4, -0.2) is 29.5 Å². The van der Waals surface area contributed by atoms with Crippen LogP contribution in [0.1, 0.15) is 25.5 Å². The zero-order chi connectivity index (χ0) is 10.9. The smallest absolute Gasteiger partial charge is 0.0762 e. The molecule has 0 atom stereocenters. The molecule has 1 N–H and O–H groups in total. The molecule has 0 fully saturated rings. The third-order valence-electron chi connectivity index (χ3n) is 2.17. The fourth-order valence-electron chi connectivity index (χ4n) is 1.37. The SMILES string of the molecule is CCOCCCCNCc1ccn(C)n1. The third kappa shape index (κ3) is 5.54. The number of aromatic nitrogens is 2. The molecule has 0 aliphatic heterocycles. The summed E-state index contributed by atoms with van der Waals surface area (Å²) in [5.41, 5.74) is 1.10. The molecule has 4 nitrogen and oxygen atoms in total. The molecule has 0 aromatic carbocycles. The van der Waals surface area contributed by atoms with Gasteiger partial charge in [-0.2, -0.15) is 5.10 Å². The average molecular weight is 211 g/mol. The minimum absolute atomic E-state index is 0.821. The molecular formula is C11H21N3O. The first kappa shape index (κ1) is 12.2. The Labute approximate surface area is 91.6 Å². The summed E-state index contributed by atoms with van der Waals surface area (Å²) < 4.78 is 7.08. The van der Waals surface area contributed by atoms with Crippen LogP contribution in [0.5, 0.6) is 0 Å². The molecule has 1 aromatic rings.